The fourth-order valence-corrected chi connectivity index (χ4v) is 3.86. The third-order valence-electron chi connectivity index (χ3n) is 5.30. The number of aromatic amines is 1. The second-order valence-electron chi connectivity index (χ2n) is 7.15. The molecule has 6 nitrogen and oxygen atoms in total. The molecule has 0 saturated carbocycles. The molecular formula is C23H25N3O3. The molecule has 0 unspecified atom stereocenters. The molecule has 4 rings (SSSR count). The van der Waals surface area contributed by atoms with Crippen LogP contribution >= 0.6 is 0 Å². The van der Waals surface area contributed by atoms with E-state index in [1.807, 2.05) is 48.2 Å². The van der Waals surface area contributed by atoms with Crippen LogP contribution in [-0.4, -0.2) is 39.3 Å². The number of benzene rings is 2. The van der Waals surface area contributed by atoms with E-state index in [1.165, 1.54) is 0 Å². The van der Waals surface area contributed by atoms with Crippen molar-refractivity contribution in [3.8, 4) is 22.8 Å². The van der Waals surface area contributed by atoms with Crippen molar-refractivity contribution in [2.45, 2.75) is 32.7 Å². The molecular weight excluding hydrogens is 366 g/mol. The first kappa shape index (κ1) is 19.1. The summed E-state index contributed by atoms with van der Waals surface area (Å²) >= 11 is 0. The predicted octanol–water partition coefficient (Wildman–Crippen LogP) is 4.53. The number of aromatic nitrogens is 2. The molecule has 3 aromatic rings. The highest BCUT2D eigenvalue weighted by atomic mass is 16.5. The van der Waals surface area contributed by atoms with Crippen molar-refractivity contribution < 1.29 is 14.6 Å². The lowest BCUT2D eigenvalue weighted by Crippen LogP contribution is -2.29. The van der Waals surface area contributed by atoms with Crippen LogP contribution in [0.4, 0.5) is 0 Å². The first-order chi connectivity index (χ1) is 14.2. The second kappa shape index (κ2) is 7.99. The topological polar surface area (TPSA) is 78.5 Å². The summed E-state index contributed by atoms with van der Waals surface area (Å²) in [5, 5.41) is 17.6. The van der Waals surface area contributed by atoms with Crippen LogP contribution in [0, 0.1) is 0 Å². The summed E-state index contributed by atoms with van der Waals surface area (Å²) in [6.07, 6.45) is 2.07. The van der Waals surface area contributed by atoms with Crippen LogP contribution in [0.2, 0.25) is 0 Å². The number of carbonyl (C=O) groups is 1. The van der Waals surface area contributed by atoms with Crippen LogP contribution in [0.25, 0.3) is 11.3 Å². The first-order valence-corrected chi connectivity index (χ1v) is 10.1. The minimum Gasteiger partial charge on any atom is -0.507 e. The van der Waals surface area contributed by atoms with Gasteiger partial charge in [0.2, 0.25) is 0 Å². The minimum atomic E-state index is -0.286. The number of nitrogens with zero attached hydrogens (tertiary/aromatic N) is 2. The highest BCUT2D eigenvalue weighted by Gasteiger charge is 2.41. The number of rotatable bonds is 7. The van der Waals surface area contributed by atoms with Crippen LogP contribution in [0.1, 0.15) is 54.3 Å². The molecule has 1 aliphatic heterocycles. The lowest BCUT2D eigenvalue weighted by molar-refractivity contribution is 0.0753. The maximum absolute atomic E-state index is 13.0. The zero-order valence-electron chi connectivity index (χ0n) is 16.7. The van der Waals surface area contributed by atoms with Crippen molar-refractivity contribution in [3.63, 3.8) is 0 Å². The average molecular weight is 391 g/mol. The summed E-state index contributed by atoms with van der Waals surface area (Å²) < 4.78 is 5.88. The van der Waals surface area contributed by atoms with Gasteiger partial charge < -0.3 is 14.7 Å². The Labute approximate surface area is 170 Å². The molecule has 0 radical (unpaired) electrons. The summed E-state index contributed by atoms with van der Waals surface area (Å²) in [4.78, 5) is 14.8. The average Bonchev–Trinajstić information content (AvgIpc) is 3.27. The minimum absolute atomic E-state index is 0.0843. The van der Waals surface area contributed by atoms with Gasteiger partial charge in [0.05, 0.1) is 12.6 Å². The van der Waals surface area contributed by atoms with Gasteiger partial charge >= 0.3 is 0 Å². The van der Waals surface area contributed by atoms with E-state index in [0.29, 0.717) is 30.1 Å². The highest BCUT2D eigenvalue weighted by Crippen LogP contribution is 2.44. The van der Waals surface area contributed by atoms with Gasteiger partial charge in [0, 0.05) is 17.7 Å². The summed E-state index contributed by atoms with van der Waals surface area (Å²) in [7, 11) is 0. The Morgan fingerprint density at radius 1 is 1.17 bits per heavy atom. The Balaban J connectivity index is 1.79. The van der Waals surface area contributed by atoms with Crippen LogP contribution in [0.3, 0.4) is 0 Å². The van der Waals surface area contributed by atoms with E-state index < -0.39 is 0 Å². The summed E-state index contributed by atoms with van der Waals surface area (Å²) in [5.74, 6) is 0.846. The van der Waals surface area contributed by atoms with Gasteiger partial charge in [0.25, 0.3) is 5.91 Å². The largest absolute Gasteiger partial charge is 0.507 e. The standard InChI is InChI=1S/C23H25N3O3/c1-3-5-13-29-16-10-8-9-15(14-16)22-19-20(17-11-6-7-12-18(17)27)24-25-21(19)23(28)26(22)4-2/h6-12,14,22,27H,3-5,13H2,1-2H3,(H,24,25)/t22-/m1/s1. The smallest absolute Gasteiger partial charge is 0.273 e. The van der Waals surface area contributed by atoms with Gasteiger partial charge in [0.1, 0.15) is 22.9 Å². The number of para-hydroxylation sites is 1. The number of fused-ring (bicyclic) bond motifs is 1. The van der Waals surface area contributed by atoms with Gasteiger partial charge in [-0.15, -0.1) is 0 Å². The van der Waals surface area contributed by atoms with Crippen molar-refractivity contribution in [3.05, 3.63) is 65.4 Å². The molecule has 0 saturated heterocycles. The van der Waals surface area contributed by atoms with Crippen LogP contribution in [0.15, 0.2) is 48.5 Å². The summed E-state index contributed by atoms with van der Waals surface area (Å²) in [6, 6.07) is 14.7. The zero-order valence-corrected chi connectivity index (χ0v) is 16.7. The van der Waals surface area contributed by atoms with E-state index >= 15 is 0 Å². The maximum atomic E-state index is 13.0. The Bertz CT molecular complexity index is 1030. The van der Waals surface area contributed by atoms with E-state index in [2.05, 4.69) is 17.1 Å². The number of unbranched alkanes of at least 4 members (excludes halogenated alkanes) is 1. The van der Waals surface area contributed by atoms with Crippen molar-refractivity contribution in [1.29, 1.82) is 0 Å². The molecule has 2 aromatic carbocycles. The monoisotopic (exact) mass is 391 g/mol. The third kappa shape index (κ3) is 3.35. The molecule has 29 heavy (non-hydrogen) atoms. The number of ether oxygens (including phenoxy) is 1. The molecule has 0 fully saturated rings. The lowest BCUT2D eigenvalue weighted by Gasteiger charge is -2.25. The number of phenols is 1. The normalized spacial score (nSPS) is 15.6. The fraction of sp³-hybridized carbons (Fsp3) is 0.304. The Kier molecular flexibility index (Phi) is 5.25. The van der Waals surface area contributed by atoms with Gasteiger partial charge in [-0.25, -0.2) is 0 Å². The molecule has 150 valence electrons. The fourth-order valence-electron chi connectivity index (χ4n) is 3.86. The molecule has 0 spiro atoms. The van der Waals surface area contributed by atoms with Crippen LogP contribution < -0.4 is 4.74 Å². The SMILES string of the molecule is CCCCOc1cccc([C@@H]2c3c(-c4ccccc4O)n[nH]c3C(=O)N2CC)c1. The third-order valence-corrected chi connectivity index (χ3v) is 5.30. The first-order valence-electron chi connectivity index (χ1n) is 10.1. The molecule has 1 atom stereocenters. The second-order valence-corrected chi connectivity index (χ2v) is 7.15. The molecule has 2 N–H and O–H groups in total. The van der Waals surface area contributed by atoms with Crippen LogP contribution in [-0.2, 0) is 0 Å². The number of phenolic OH excluding ortho intramolecular Hbond substituents is 1. The van der Waals surface area contributed by atoms with Crippen LogP contribution in [0.5, 0.6) is 11.5 Å². The van der Waals surface area contributed by atoms with Gasteiger partial charge in [0.15, 0.2) is 0 Å². The van der Waals surface area contributed by atoms with Gasteiger partial charge in [-0.3, -0.25) is 9.89 Å². The van der Waals surface area contributed by atoms with Crippen molar-refractivity contribution in [2.24, 2.45) is 0 Å². The van der Waals surface area contributed by atoms with Gasteiger partial charge in [-0.1, -0.05) is 37.6 Å². The maximum Gasteiger partial charge on any atom is 0.273 e. The molecule has 0 bridgehead atoms. The molecule has 0 aliphatic carbocycles. The van der Waals surface area contributed by atoms with E-state index in [0.717, 1.165) is 29.7 Å². The Morgan fingerprint density at radius 3 is 2.76 bits per heavy atom. The van der Waals surface area contributed by atoms with E-state index in [4.69, 9.17) is 4.74 Å². The quantitative estimate of drug-likeness (QED) is 0.580. The molecule has 1 amide bonds. The number of carbonyl (C=O) groups excluding carboxylic acids is 1. The summed E-state index contributed by atoms with van der Waals surface area (Å²) in [6.45, 7) is 5.32. The number of hydrogen-bond acceptors (Lipinski definition) is 4. The van der Waals surface area contributed by atoms with E-state index in [-0.39, 0.29) is 17.7 Å². The number of nitrogens with one attached hydrogen (secondary N) is 1. The zero-order chi connectivity index (χ0) is 20.4. The molecule has 2 heterocycles. The Hall–Kier alpha value is -3.28. The van der Waals surface area contributed by atoms with E-state index in [9.17, 15) is 9.90 Å². The van der Waals surface area contributed by atoms with Gasteiger partial charge in [-0.2, -0.15) is 5.10 Å². The number of aromatic hydroxyl groups is 1. The molecule has 1 aliphatic rings. The highest BCUT2D eigenvalue weighted by molar-refractivity contribution is 6.00. The molecule has 1 aromatic heterocycles. The summed E-state index contributed by atoms with van der Waals surface area (Å²) in [5.41, 5.74) is 3.45. The van der Waals surface area contributed by atoms with E-state index in [1.54, 1.807) is 12.1 Å². The number of amides is 1. The van der Waals surface area contributed by atoms with Gasteiger partial charge in [-0.05, 0) is 43.2 Å². The van der Waals surface area contributed by atoms with Crippen molar-refractivity contribution in [2.75, 3.05) is 13.2 Å². The molecule has 6 heteroatoms. The Morgan fingerprint density at radius 2 is 2.00 bits per heavy atom. The lowest BCUT2D eigenvalue weighted by atomic mass is 9.95. The van der Waals surface area contributed by atoms with Crippen molar-refractivity contribution >= 4 is 5.91 Å². The predicted molar refractivity (Wildman–Crippen MR) is 111 cm³/mol. The van der Waals surface area contributed by atoms with Crippen molar-refractivity contribution in [1.82, 2.24) is 15.1 Å². The number of hydrogen-bond donors (Lipinski definition) is 2. The number of H-pyrrole nitrogens is 1.